The second kappa shape index (κ2) is 54.5. The van der Waals surface area contributed by atoms with Crippen LogP contribution in [0.3, 0.4) is 0 Å². The minimum atomic E-state index is -4.53. The van der Waals surface area contributed by atoms with E-state index in [0.29, 0.717) is 66.2 Å². The van der Waals surface area contributed by atoms with Gasteiger partial charge in [-0.15, -0.1) is 0 Å². The van der Waals surface area contributed by atoms with Crippen LogP contribution in [0.2, 0.25) is 76.6 Å². The second-order valence-electron chi connectivity index (χ2n) is 29.8. The first kappa shape index (κ1) is 119. The van der Waals surface area contributed by atoms with Crippen LogP contribution >= 0.6 is 0 Å². The summed E-state index contributed by atoms with van der Waals surface area (Å²) in [6.07, 6.45) is 1.12. The largest absolute Gasteiger partial charge is 0.519 e. The lowest BCUT2D eigenvalue weighted by Crippen LogP contribution is -2.57. The zero-order valence-corrected chi connectivity index (χ0v) is 109. The number of carbonyl (C=O) groups excluding carboxylic acids is 2. The van der Waals surface area contributed by atoms with Crippen molar-refractivity contribution in [2.45, 2.75) is 135 Å². The van der Waals surface area contributed by atoms with E-state index in [1.54, 1.807) is 106 Å². The summed E-state index contributed by atoms with van der Waals surface area (Å²) in [6.45, 7) is 14.0. The molecule has 4 aromatic carbocycles. The van der Waals surface area contributed by atoms with Crippen molar-refractivity contribution in [3.8, 4) is 23.0 Å². The van der Waals surface area contributed by atoms with E-state index < -0.39 is 325 Å². The van der Waals surface area contributed by atoms with E-state index in [2.05, 4.69) is 0 Å². The molecule has 668 valence electrons. The van der Waals surface area contributed by atoms with Crippen LogP contribution in [0.25, 0.3) is 0 Å². The number of esters is 1. The van der Waals surface area contributed by atoms with Gasteiger partial charge in [0.15, 0.2) is 16.6 Å². The third kappa shape index (κ3) is 35.0. The lowest BCUT2D eigenvalue weighted by atomic mass is 10.1. The van der Waals surface area contributed by atoms with Gasteiger partial charge in [0.2, 0.25) is 0 Å². The van der Waals surface area contributed by atoms with Crippen molar-refractivity contribution in [3.05, 3.63) is 119 Å². The van der Waals surface area contributed by atoms with Crippen LogP contribution in [-0.2, 0) is 190 Å². The Balaban J connectivity index is 1.23. The molecule has 0 fully saturated rings. The summed E-state index contributed by atoms with van der Waals surface area (Å²) < 4.78 is 476. The highest BCUT2D eigenvalue weighted by molar-refractivity contribution is 7.84. The van der Waals surface area contributed by atoms with Crippen molar-refractivity contribution in [1.29, 1.82) is 0 Å². The van der Waals surface area contributed by atoms with Gasteiger partial charge in [-0.1, -0.05) is 124 Å². The molecule has 0 bridgehead atoms. The molecule has 0 amide bonds. The smallest absolute Gasteiger partial charge is 0.508 e. The van der Waals surface area contributed by atoms with Gasteiger partial charge in [0.1, 0.15) is 38.2 Å². The number of aryl methyl sites for hydroxylation is 4. The quantitative estimate of drug-likeness (QED) is 0.0187. The molecule has 1 N–H and O–H groups in total. The number of phenols is 1. The Morgan fingerprint density at radius 2 is 0.457 bits per heavy atom. The van der Waals surface area contributed by atoms with Gasteiger partial charge in [-0.25, -0.2) is 4.79 Å². The molecule has 0 aliphatic rings. The maximum absolute atomic E-state index is 13.9. The minimum Gasteiger partial charge on any atom is -0.508 e. The van der Waals surface area contributed by atoms with Crippen LogP contribution in [0.4, 0.5) is 4.79 Å². The number of aromatic hydroxyl groups is 1. The third-order valence-corrected chi connectivity index (χ3v) is 314. The molecule has 4 radical (unpaired) electrons. The van der Waals surface area contributed by atoms with E-state index in [9.17, 15) is 166 Å². The predicted octanol–water partition coefficient (Wildman–Crippen LogP) is -4.87. The fourth-order valence-electron chi connectivity index (χ4n) is 10.9. The lowest BCUT2D eigenvalue weighted by molar-refractivity contribution is -0.132. The van der Waals surface area contributed by atoms with Crippen molar-refractivity contribution in [3.63, 3.8) is 0 Å². The average molecular weight is 2430 g/mol. The Morgan fingerprint density at radius 3 is 0.698 bits per heavy atom. The Hall–Kier alpha value is -2.78. The maximum atomic E-state index is 13.9. The number of hydrogen-bond acceptors (Lipinski definition) is 42. The normalized spacial score (nSPS) is 11.1. The second-order valence-corrected chi connectivity index (χ2v) is 224. The van der Waals surface area contributed by atoms with Crippen LogP contribution in [0.1, 0.15) is 54.9 Å². The molecule has 0 atom stereocenters. The Bertz CT molecular complexity index is 5820. The summed E-state index contributed by atoms with van der Waals surface area (Å²) in [5.74, 6) is -0.154. The summed E-state index contributed by atoms with van der Waals surface area (Å²) in [6, 6.07) is 26.3. The van der Waals surface area contributed by atoms with Gasteiger partial charge in [0.25, 0.3) is 18.6 Å². The number of hydrogen-bond donors (Lipinski definition) is 1. The van der Waals surface area contributed by atoms with Gasteiger partial charge in [0.05, 0.1) is 0 Å². The van der Waals surface area contributed by atoms with Crippen molar-refractivity contribution in [1.82, 2.24) is 0 Å². The van der Waals surface area contributed by atoms with Crippen molar-refractivity contribution in [2.75, 3.05) is 0 Å². The van der Waals surface area contributed by atoms with Gasteiger partial charge in [-0.3, -0.25) is 4.79 Å². The van der Waals surface area contributed by atoms with Crippen LogP contribution in [-0.4, -0.2) is 330 Å². The number of rotatable bonds is 59. The maximum Gasteiger partial charge on any atom is 0.519 e. The fourth-order valence-corrected chi connectivity index (χ4v) is 438. The summed E-state index contributed by atoms with van der Waals surface area (Å²) in [5.41, 5.74) is 2.13. The SMILES string of the molecule is CC(=O)Oc1ccccc1CCC[Si](C)(C)O[Si][Si](=O)[Si](=O)[Si](=O)[Si](=O)[Si](=O)[Si](=O)[Si](=O)[Si](=O)[Si](=O)[Si](=O)[Si](=O)[Si](=O)[Si](=O)[Si](=O)[Si](=O)[Si](=O)[Si](=O)[Si](C)(C)CCCc1ccccc1OC(=O)Oc1ccccc1CCC[Si](C)(C)O[Si][Si](=O)[Si](=O)[Si](=O)[Si](=O)[Si](=O)[Si](=O)[Si](=O)[Si](=O)[Si](=O)[Si](=O)[Si](=O)[Si](=O)[Si](=O)[Si](=O)[Si](=O)[Si](=O)[Si](=O)[Si](C)(C)CCCc1ccccc1O. The monoisotopic (exact) mass is 2420 g/mol. The first-order valence-corrected chi connectivity index (χ1v) is 136. The van der Waals surface area contributed by atoms with Gasteiger partial charge in [-0.05, 0) is 123 Å². The number of phenolic OH excluding ortho intramolecular Hbond substituents is 1. The van der Waals surface area contributed by atoms with Crippen LogP contribution in [0.15, 0.2) is 97.1 Å². The molecule has 0 aromatic heterocycles. The first-order chi connectivity index (χ1) is 59.8. The van der Waals surface area contributed by atoms with Gasteiger partial charge in [-0.2, -0.15) is 0 Å². The van der Waals surface area contributed by atoms with Gasteiger partial charge >= 0.3 is 275 Å². The average Bonchev–Trinajstić information content (AvgIpc) is 0.813. The predicted molar refractivity (Wildman–Crippen MR) is 480 cm³/mol. The molecule has 4 aromatic rings. The zero-order valence-electron chi connectivity index (χ0n) is 68.9. The topological polar surface area (TPSA) is 681 Å². The number of carbonyl (C=O) groups is 2. The lowest BCUT2D eigenvalue weighted by Gasteiger charge is -2.22. The molecule has 0 saturated carbocycles. The summed E-state index contributed by atoms with van der Waals surface area (Å²) in [4.78, 5) is 24.9. The molecule has 0 aliphatic carbocycles. The molecule has 0 spiro atoms. The number of benzene rings is 4. The number of ether oxygens (including phenoxy) is 3. The Morgan fingerprint density at radius 1 is 0.264 bits per heavy atom. The van der Waals surface area contributed by atoms with Crippen LogP contribution in [0, 0.1) is 0 Å². The summed E-state index contributed by atoms with van der Waals surface area (Å²) in [5, 5.41) is 10.0. The molecule has 0 unspecified atom stereocenters. The van der Waals surface area contributed by atoms with Crippen LogP contribution in [0.5, 0.6) is 23.0 Å². The highest BCUT2D eigenvalue weighted by Crippen LogP contribution is 2.28. The molecular formula is C47H68O42Si40. The molecule has 42 nitrogen and oxygen atoms in total. The van der Waals surface area contributed by atoms with Crippen molar-refractivity contribution in [2.24, 2.45) is 0 Å². The summed E-state index contributed by atoms with van der Waals surface area (Å²) >= 11 is 0. The highest BCUT2D eigenvalue weighted by Gasteiger charge is 2.59. The molecular weight excluding hydrogens is 2360 g/mol. The Labute approximate surface area is 782 Å². The first-order valence-electron chi connectivity index (χ1n) is 37.3. The number of para-hydroxylation sites is 4. The molecule has 4 rings (SSSR count). The Kier molecular flexibility index (Phi) is 50.1. The molecule has 0 saturated heterocycles. The van der Waals surface area contributed by atoms with E-state index in [1.807, 2.05) is 0 Å². The van der Waals surface area contributed by atoms with Gasteiger partial charge in [0, 0.05) is 6.92 Å². The van der Waals surface area contributed by atoms with Crippen LogP contribution < -0.4 is 14.2 Å². The molecule has 0 heterocycles. The van der Waals surface area contributed by atoms with E-state index in [0.717, 1.165) is 0 Å². The van der Waals surface area contributed by atoms with E-state index >= 15 is 0 Å². The van der Waals surface area contributed by atoms with Crippen molar-refractivity contribution >= 4 is 325 Å². The van der Waals surface area contributed by atoms with Crippen molar-refractivity contribution < 1.29 is 189 Å². The van der Waals surface area contributed by atoms with E-state index in [1.165, 1.54) is 50.3 Å². The van der Waals surface area contributed by atoms with E-state index in [-0.39, 0.29) is 54.6 Å². The zero-order chi connectivity index (χ0) is 98.2. The highest BCUT2D eigenvalue weighted by atomic mass is 30.1. The third-order valence-electron chi connectivity index (χ3n) is 18.2. The summed E-state index contributed by atoms with van der Waals surface area (Å²) in [7, 11) is -157. The fraction of sp³-hybridized carbons (Fsp3) is 0.447. The standard InChI is InChI=1S/C47H68O42Si40/c1-38(48)85-44-31-15-11-23-40(44)27-18-34-126(2,3)88-90-92(51)94(53)96(55)98(57)100(59)102(61)104(63)107(66)109(68)111(70)113(72)115(74)117(76)119(78)121(80)123(82)125(84)129(8,9)37-21-29-42-25-13-17-33-46(42)87-47(50)86-45-32-16-12-24-41(45)28-19-35-127(4,5)89-91-93(52)95(54)97(56)99(58)101(60)103(62)105(64)106(65)108(67)110(69)112(71)114(73)116(75)118(77)120(79)122(81)124(83)128(6,7)36-20-26-39-22-10-14-30-43(39)49/h10-17,22-25,30-33,49H,18-21,26-29,34-37H2,1-9H3. The molecule has 0 aliphatic heterocycles. The van der Waals surface area contributed by atoms with Gasteiger partial charge < -0.3 is 179 Å². The van der Waals surface area contributed by atoms with E-state index in [4.69, 9.17) is 22.4 Å². The molecule has 129 heavy (non-hydrogen) atoms. The molecule has 82 heteroatoms. The minimum absolute atomic E-state index is 0.00120.